The molecule has 86 valence electrons. The fourth-order valence-corrected chi connectivity index (χ4v) is 1.58. The van der Waals surface area contributed by atoms with E-state index in [4.69, 9.17) is 10.5 Å². The van der Waals surface area contributed by atoms with Gasteiger partial charge in [0, 0.05) is 19.6 Å². The van der Waals surface area contributed by atoms with Gasteiger partial charge in [-0.15, -0.1) is 0 Å². The summed E-state index contributed by atoms with van der Waals surface area (Å²) in [6.07, 6.45) is 0. The lowest BCUT2D eigenvalue weighted by Gasteiger charge is -2.18. The van der Waals surface area contributed by atoms with Gasteiger partial charge in [-0.25, -0.2) is 0 Å². The first kappa shape index (κ1) is 10.9. The van der Waals surface area contributed by atoms with Crippen molar-refractivity contribution in [3.05, 3.63) is 23.8 Å². The maximum atomic E-state index is 11.1. The Bertz CT molecular complexity index is 393. The molecule has 0 spiro atoms. The third kappa shape index (κ3) is 2.50. The molecule has 0 fully saturated rings. The summed E-state index contributed by atoms with van der Waals surface area (Å²) in [5.74, 6) is 0.613. The number of amides is 1. The van der Waals surface area contributed by atoms with E-state index in [1.54, 1.807) is 0 Å². The van der Waals surface area contributed by atoms with Crippen LogP contribution in [0.5, 0.6) is 5.75 Å². The van der Waals surface area contributed by atoms with Gasteiger partial charge in [0.1, 0.15) is 5.75 Å². The van der Waals surface area contributed by atoms with E-state index < -0.39 is 0 Å². The van der Waals surface area contributed by atoms with Crippen molar-refractivity contribution in [1.82, 2.24) is 5.32 Å². The van der Waals surface area contributed by atoms with Crippen molar-refractivity contribution >= 4 is 11.6 Å². The van der Waals surface area contributed by atoms with E-state index >= 15 is 0 Å². The van der Waals surface area contributed by atoms with Gasteiger partial charge in [-0.1, -0.05) is 6.07 Å². The van der Waals surface area contributed by atoms with E-state index in [0.29, 0.717) is 6.54 Å². The Morgan fingerprint density at radius 2 is 2.38 bits per heavy atom. The predicted octanol–water partition coefficient (Wildman–Crippen LogP) is 0.0658. The molecule has 1 heterocycles. The molecule has 2 rings (SSSR count). The second kappa shape index (κ2) is 4.96. The first-order valence-electron chi connectivity index (χ1n) is 5.26. The van der Waals surface area contributed by atoms with Crippen LogP contribution in [0.25, 0.3) is 0 Å². The molecular weight excluding hydrogens is 206 g/mol. The largest absolute Gasteiger partial charge is 0.482 e. The molecular formula is C11H15N3O2. The number of nitrogens with one attached hydrogen (secondary N) is 2. The number of hydrogen-bond acceptors (Lipinski definition) is 4. The third-order valence-electron chi connectivity index (χ3n) is 2.33. The lowest BCUT2D eigenvalue weighted by molar-refractivity contribution is -0.118. The Labute approximate surface area is 94.0 Å². The van der Waals surface area contributed by atoms with E-state index in [0.717, 1.165) is 30.1 Å². The van der Waals surface area contributed by atoms with Gasteiger partial charge in [0.25, 0.3) is 5.91 Å². The maximum absolute atomic E-state index is 11.1. The number of ether oxygens (including phenoxy) is 1. The molecule has 0 radical (unpaired) electrons. The molecule has 0 aliphatic carbocycles. The standard InChI is InChI=1S/C11H15N3O2/c12-3-4-13-6-8-1-2-10-9(5-8)14-11(15)7-16-10/h1-2,5,13H,3-4,6-7,12H2,(H,14,15). The molecule has 1 aromatic carbocycles. The number of hydrogen-bond donors (Lipinski definition) is 3. The molecule has 1 aliphatic rings. The van der Waals surface area contributed by atoms with Gasteiger partial charge in [0.15, 0.2) is 6.61 Å². The monoisotopic (exact) mass is 221 g/mol. The normalized spacial score (nSPS) is 13.9. The molecule has 16 heavy (non-hydrogen) atoms. The topological polar surface area (TPSA) is 76.4 Å². The SMILES string of the molecule is NCCNCc1ccc2c(c1)NC(=O)CO2. The van der Waals surface area contributed by atoms with Crippen LogP contribution >= 0.6 is 0 Å². The van der Waals surface area contributed by atoms with E-state index in [2.05, 4.69) is 10.6 Å². The highest BCUT2D eigenvalue weighted by atomic mass is 16.5. The Morgan fingerprint density at radius 3 is 3.19 bits per heavy atom. The van der Waals surface area contributed by atoms with Gasteiger partial charge in [0.2, 0.25) is 0 Å². The summed E-state index contributed by atoms with van der Waals surface area (Å²) in [5.41, 5.74) is 7.22. The fraction of sp³-hybridized carbons (Fsp3) is 0.364. The first-order valence-corrected chi connectivity index (χ1v) is 5.26. The number of benzene rings is 1. The van der Waals surface area contributed by atoms with Crippen molar-refractivity contribution in [2.24, 2.45) is 5.73 Å². The van der Waals surface area contributed by atoms with Crippen molar-refractivity contribution in [3.63, 3.8) is 0 Å². The summed E-state index contributed by atoms with van der Waals surface area (Å²) in [6.45, 7) is 2.23. The van der Waals surface area contributed by atoms with Gasteiger partial charge < -0.3 is 21.1 Å². The van der Waals surface area contributed by atoms with Crippen LogP contribution in [0, 0.1) is 0 Å². The molecule has 5 nitrogen and oxygen atoms in total. The molecule has 4 N–H and O–H groups in total. The van der Waals surface area contributed by atoms with E-state index in [1.807, 2.05) is 18.2 Å². The van der Waals surface area contributed by atoms with Crippen molar-refractivity contribution in [2.75, 3.05) is 25.0 Å². The minimum absolute atomic E-state index is 0.0950. The molecule has 0 aromatic heterocycles. The fourth-order valence-electron chi connectivity index (χ4n) is 1.58. The van der Waals surface area contributed by atoms with Gasteiger partial charge in [-0.3, -0.25) is 4.79 Å². The number of carbonyl (C=O) groups excluding carboxylic acids is 1. The van der Waals surface area contributed by atoms with Crippen molar-refractivity contribution in [2.45, 2.75) is 6.54 Å². The molecule has 1 aromatic rings. The van der Waals surface area contributed by atoms with Crippen molar-refractivity contribution in [3.8, 4) is 5.75 Å². The molecule has 0 unspecified atom stereocenters. The smallest absolute Gasteiger partial charge is 0.262 e. The van der Waals surface area contributed by atoms with Crippen molar-refractivity contribution in [1.29, 1.82) is 0 Å². The molecule has 0 atom stereocenters. The van der Waals surface area contributed by atoms with Gasteiger partial charge in [-0.2, -0.15) is 0 Å². The van der Waals surface area contributed by atoms with Crippen LogP contribution in [-0.2, 0) is 11.3 Å². The zero-order valence-corrected chi connectivity index (χ0v) is 8.95. The molecule has 0 saturated carbocycles. The number of carbonyl (C=O) groups is 1. The van der Waals surface area contributed by atoms with Crippen LogP contribution in [-0.4, -0.2) is 25.6 Å². The van der Waals surface area contributed by atoms with Crippen LogP contribution < -0.4 is 21.1 Å². The van der Waals surface area contributed by atoms with Crippen LogP contribution in [0.3, 0.4) is 0 Å². The quantitative estimate of drug-likeness (QED) is 0.629. The van der Waals surface area contributed by atoms with Crippen molar-refractivity contribution < 1.29 is 9.53 Å². The zero-order chi connectivity index (χ0) is 11.4. The summed E-state index contributed by atoms with van der Waals surface area (Å²) in [4.78, 5) is 11.1. The van der Waals surface area contributed by atoms with E-state index in [1.165, 1.54) is 0 Å². The first-order chi connectivity index (χ1) is 7.79. The lowest BCUT2D eigenvalue weighted by atomic mass is 10.1. The van der Waals surface area contributed by atoms with Gasteiger partial charge >= 0.3 is 0 Å². The Hall–Kier alpha value is -1.59. The molecule has 1 amide bonds. The number of rotatable bonds is 4. The number of nitrogens with two attached hydrogens (primary N) is 1. The summed E-state index contributed by atoms with van der Waals surface area (Å²) in [6, 6.07) is 5.75. The lowest BCUT2D eigenvalue weighted by Crippen LogP contribution is -2.26. The summed E-state index contributed by atoms with van der Waals surface area (Å²) in [7, 11) is 0. The minimum Gasteiger partial charge on any atom is -0.482 e. The summed E-state index contributed by atoms with van der Waals surface area (Å²) < 4.78 is 5.26. The van der Waals surface area contributed by atoms with Crippen LogP contribution in [0.1, 0.15) is 5.56 Å². The summed E-state index contributed by atoms with van der Waals surface area (Å²) >= 11 is 0. The van der Waals surface area contributed by atoms with Crippen LogP contribution in [0.4, 0.5) is 5.69 Å². The molecule has 5 heteroatoms. The minimum atomic E-state index is -0.112. The highest BCUT2D eigenvalue weighted by Gasteiger charge is 2.15. The highest BCUT2D eigenvalue weighted by Crippen LogP contribution is 2.28. The highest BCUT2D eigenvalue weighted by molar-refractivity contribution is 5.95. The van der Waals surface area contributed by atoms with E-state index in [-0.39, 0.29) is 12.5 Å². The molecule has 1 aliphatic heterocycles. The van der Waals surface area contributed by atoms with E-state index in [9.17, 15) is 4.79 Å². The summed E-state index contributed by atoms with van der Waals surface area (Å²) in [5, 5.41) is 5.97. The number of fused-ring (bicyclic) bond motifs is 1. The van der Waals surface area contributed by atoms with Gasteiger partial charge in [-0.05, 0) is 17.7 Å². The second-order valence-corrected chi connectivity index (χ2v) is 3.63. The second-order valence-electron chi connectivity index (χ2n) is 3.63. The predicted molar refractivity (Wildman–Crippen MR) is 61.3 cm³/mol. The third-order valence-corrected chi connectivity index (χ3v) is 2.33. The van der Waals surface area contributed by atoms with Crippen LogP contribution in [0.2, 0.25) is 0 Å². The molecule has 0 bridgehead atoms. The van der Waals surface area contributed by atoms with Crippen LogP contribution in [0.15, 0.2) is 18.2 Å². The number of anilines is 1. The Balaban J connectivity index is 2.06. The molecule has 0 saturated heterocycles. The Morgan fingerprint density at radius 1 is 1.50 bits per heavy atom. The average Bonchev–Trinajstić information content (AvgIpc) is 2.29. The zero-order valence-electron chi connectivity index (χ0n) is 8.95. The van der Waals surface area contributed by atoms with Gasteiger partial charge in [0.05, 0.1) is 5.69 Å². The Kier molecular flexibility index (Phi) is 3.38. The maximum Gasteiger partial charge on any atom is 0.262 e. The average molecular weight is 221 g/mol.